The van der Waals surface area contributed by atoms with Crippen LogP contribution in [0.15, 0.2) is 5.16 Å². The van der Waals surface area contributed by atoms with Gasteiger partial charge < -0.3 is 10.9 Å². The minimum Gasteiger partial charge on any atom is -0.409 e. The van der Waals surface area contributed by atoms with E-state index in [9.17, 15) is 0 Å². The van der Waals surface area contributed by atoms with Gasteiger partial charge in [0.05, 0.1) is 6.54 Å². The van der Waals surface area contributed by atoms with Gasteiger partial charge in [0.2, 0.25) is 0 Å². The van der Waals surface area contributed by atoms with Crippen molar-refractivity contribution < 1.29 is 5.21 Å². The van der Waals surface area contributed by atoms with E-state index in [1.807, 2.05) is 0 Å². The molecule has 3 fully saturated rings. The Bertz CT molecular complexity index is 338. The fraction of sp³-hybridized carbons (Fsp3) is 0.933. The summed E-state index contributed by atoms with van der Waals surface area (Å²) in [7, 11) is 0. The van der Waals surface area contributed by atoms with Crippen LogP contribution in [0.3, 0.4) is 0 Å². The average molecular weight is 265 g/mol. The van der Waals surface area contributed by atoms with Crippen LogP contribution in [-0.2, 0) is 0 Å². The molecule has 3 atom stereocenters. The second kappa shape index (κ2) is 5.70. The van der Waals surface area contributed by atoms with Crippen LogP contribution >= 0.6 is 0 Å². The zero-order chi connectivity index (χ0) is 13.2. The predicted molar refractivity (Wildman–Crippen MR) is 76.2 cm³/mol. The van der Waals surface area contributed by atoms with Crippen LogP contribution < -0.4 is 5.73 Å². The molecule has 3 saturated carbocycles. The van der Waals surface area contributed by atoms with Crippen molar-refractivity contribution in [2.24, 2.45) is 28.6 Å². The summed E-state index contributed by atoms with van der Waals surface area (Å²) in [5.74, 6) is 3.20. The lowest BCUT2D eigenvalue weighted by Gasteiger charge is -2.33. The molecular weight excluding hydrogens is 238 g/mol. The predicted octanol–water partition coefficient (Wildman–Crippen LogP) is 2.41. The van der Waals surface area contributed by atoms with Crippen LogP contribution in [0.4, 0.5) is 0 Å². The molecule has 0 aromatic heterocycles. The van der Waals surface area contributed by atoms with Gasteiger partial charge in [-0.25, -0.2) is 0 Å². The molecule has 3 aliphatic rings. The van der Waals surface area contributed by atoms with Gasteiger partial charge in [0.25, 0.3) is 0 Å². The summed E-state index contributed by atoms with van der Waals surface area (Å²) < 4.78 is 0. The Morgan fingerprint density at radius 3 is 2.53 bits per heavy atom. The van der Waals surface area contributed by atoms with E-state index in [-0.39, 0.29) is 0 Å². The van der Waals surface area contributed by atoms with Crippen molar-refractivity contribution in [1.82, 2.24) is 4.90 Å². The van der Waals surface area contributed by atoms with Gasteiger partial charge in [-0.1, -0.05) is 24.4 Å². The molecule has 0 aromatic rings. The summed E-state index contributed by atoms with van der Waals surface area (Å²) in [5.41, 5.74) is 5.75. The molecule has 0 heterocycles. The Kier molecular flexibility index (Phi) is 3.96. The zero-order valence-electron chi connectivity index (χ0n) is 11.8. The van der Waals surface area contributed by atoms with Gasteiger partial charge in [0.15, 0.2) is 5.84 Å². The third-order valence-electron chi connectivity index (χ3n) is 5.69. The molecular formula is C15H27N3O. The summed E-state index contributed by atoms with van der Waals surface area (Å²) in [4.78, 5) is 2.51. The van der Waals surface area contributed by atoms with Gasteiger partial charge >= 0.3 is 0 Å². The number of amidine groups is 1. The number of hydrogen-bond donors (Lipinski definition) is 2. The number of nitrogens with zero attached hydrogens (tertiary/aromatic N) is 2. The second-order valence-corrected chi connectivity index (χ2v) is 6.89. The number of rotatable bonds is 5. The van der Waals surface area contributed by atoms with Crippen LogP contribution in [0.5, 0.6) is 0 Å². The van der Waals surface area contributed by atoms with Crippen LogP contribution in [0.2, 0.25) is 0 Å². The first kappa shape index (κ1) is 13.2. The molecule has 0 aliphatic heterocycles. The van der Waals surface area contributed by atoms with Gasteiger partial charge in [-0.3, -0.25) is 4.90 Å². The Morgan fingerprint density at radius 2 is 1.95 bits per heavy atom. The Labute approximate surface area is 116 Å². The first-order chi connectivity index (χ1) is 9.26. The Balaban J connectivity index is 1.61. The van der Waals surface area contributed by atoms with Crippen LogP contribution in [0.1, 0.15) is 51.4 Å². The second-order valence-electron chi connectivity index (χ2n) is 6.89. The molecule has 0 spiro atoms. The van der Waals surface area contributed by atoms with Gasteiger partial charge in [-0.05, 0) is 49.9 Å². The van der Waals surface area contributed by atoms with Crippen molar-refractivity contribution in [3.63, 3.8) is 0 Å². The summed E-state index contributed by atoms with van der Waals surface area (Å²) in [6.45, 7) is 1.82. The monoisotopic (exact) mass is 265 g/mol. The van der Waals surface area contributed by atoms with Crippen molar-refractivity contribution in [1.29, 1.82) is 0 Å². The lowest BCUT2D eigenvalue weighted by atomic mass is 9.88. The standard InChI is InChI=1S/C15H27N3O/c16-15(17-19)10-18(14-3-1-2-4-14)9-13-8-11-5-6-12(13)7-11/h11-14,19H,1-10H2,(H2,16,17). The summed E-state index contributed by atoms with van der Waals surface area (Å²) in [6.07, 6.45) is 11.1. The van der Waals surface area contributed by atoms with Crippen molar-refractivity contribution >= 4 is 5.84 Å². The molecule has 4 heteroatoms. The quantitative estimate of drug-likeness (QED) is 0.347. The zero-order valence-corrected chi connectivity index (χ0v) is 11.8. The lowest BCUT2D eigenvalue weighted by molar-refractivity contribution is 0.160. The van der Waals surface area contributed by atoms with Gasteiger partial charge in [0.1, 0.15) is 0 Å². The molecule has 4 nitrogen and oxygen atoms in total. The molecule has 0 saturated heterocycles. The maximum Gasteiger partial charge on any atom is 0.153 e. The smallest absolute Gasteiger partial charge is 0.153 e. The largest absolute Gasteiger partial charge is 0.409 e. The SMILES string of the molecule is NC(CN(CC1CC2CCC1C2)C1CCCC1)=NO. The molecule has 2 bridgehead atoms. The Morgan fingerprint density at radius 1 is 1.16 bits per heavy atom. The Hall–Kier alpha value is -0.770. The van der Waals surface area contributed by atoms with Gasteiger partial charge in [0, 0.05) is 12.6 Å². The van der Waals surface area contributed by atoms with Crippen LogP contribution in [0.25, 0.3) is 0 Å². The maximum atomic E-state index is 8.83. The minimum absolute atomic E-state index is 0.370. The molecule has 0 aromatic carbocycles. The number of oxime groups is 1. The van der Waals surface area contributed by atoms with E-state index in [1.165, 1.54) is 57.9 Å². The maximum absolute atomic E-state index is 8.83. The highest BCUT2D eigenvalue weighted by Gasteiger charge is 2.40. The van der Waals surface area contributed by atoms with E-state index >= 15 is 0 Å². The van der Waals surface area contributed by atoms with E-state index in [2.05, 4.69) is 10.1 Å². The molecule has 0 amide bonds. The molecule has 3 unspecified atom stereocenters. The highest BCUT2D eigenvalue weighted by atomic mass is 16.4. The summed E-state index contributed by atoms with van der Waals surface area (Å²) in [5, 5.41) is 12.0. The van der Waals surface area contributed by atoms with Crippen molar-refractivity contribution in [3.05, 3.63) is 0 Å². The fourth-order valence-corrected chi connectivity index (χ4v) is 4.75. The first-order valence-electron chi connectivity index (χ1n) is 7.96. The van der Waals surface area contributed by atoms with E-state index in [4.69, 9.17) is 10.9 Å². The molecule has 108 valence electrons. The van der Waals surface area contributed by atoms with Crippen molar-refractivity contribution in [2.45, 2.75) is 57.4 Å². The van der Waals surface area contributed by atoms with E-state index in [1.54, 1.807) is 0 Å². The molecule has 3 N–H and O–H groups in total. The van der Waals surface area contributed by atoms with Crippen molar-refractivity contribution in [2.75, 3.05) is 13.1 Å². The van der Waals surface area contributed by atoms with Crippen LogP contribution in [-0.4, -0.2) is 35.1 Å². The van der Waals surface area contributed by atoms with E-state index in [0.717, 1.165) is 17.8 Å². The molecule has 3 rings (SSSR count). The summed E-state index contributed by atoms with van der Waals surface area (Å²) in [6, 6.07) is 0.666. The topological polar surface area (TPSA) is 61.8 Å². The number of nitrogens with two attached hydrogens (primary N) is 1. The normalized spacial score (nSPS) is 35.6. The van der Waals surface area contributed by atoms with Crippen molar-refractivity contribution in [3.8, 4) is 0 Å². The van der Waals surface area contributed by atoms with Crippen LogP contribution in [0, 0.1) is 17.8 Å². The third-order valence-corrected chi connectivity index (χ3v) is 5.69. The molecule has 19 heavy (non-hydrogen) atoms. The highest BCUT2D eigenvalue weighted by Crippen LogP contribution is 2.48. The third kappa shape index (κ3) is 2.88. The van der Waals surface area contributed by atoms with Gasteiger partial charge in [-0.2, -0.15) is 0 Å². The summed E-state index contributed by atoms with van der Waals surface area (Å²) >= 11 is 0. The van der Waals surface area contributed by atoms with E-state index < -0.39 is 0 Å². The average Bonchev–Trinajstić information content (AvgIpc) is 3.14. The lowest BCUT2D eigenvalue weighted by Crippen LogP contribution is -2.43. The fourth-order valence-electron chi connectivity index (χ4n) is 4.75. The molecule has 3 aliphatic carbocycles. The minimum atomic E-state index is 0.370. The number of fused-ring (bicyclic) bond motifs is 2. The van der Waals surface area contributed by atoms with Gasteiger partial charge in [-0.15, -0.1) is 0 Å². The highest BCUT2D eigenvalue weighted by molar-refractivity contribution is 5.81. The van der Waals surface area contributed by atoms with E-state index in [0.29, 0.717) is 18.4 Å². The first-order valence-corrected chi connectivity index (χ1v) is 7.96. The molecule has 0 radical (unpaired) electrons. The number of hydrogen-bond acceptors (Lipinski definition) is 3.